The molecule has 0 bridgehead atoms. The molecule has 0 spiro atoms. The fraction of sp³-hybridized carbons (Fsp3) is 0.0769. The van der Waals surface area contributed by atoms with Crippen molar-refractivity contribution in [3.8, 4) is 11.5 Å². The summed E-state index contributed by atoms with van der Waals surface area (Å²) in [7, 11) is 1.47. The molecule has 0 aliphatic rings. The van der Waals surface area contributed by atoms with E-state index in [9.17, 15) is 9.90 Å². The average molecular weight is 244 g/mol. The molecule has 0 aliphatic carbocycles. The van der Waals surface area contributed by atoms with Gasteiger partial charge < -0.3 is 9.84 Å². The molecule has 0 unspecified atom stereocenters. The van der Waals surface area contributed by atoms with Crippen LogP contribution in [-0.4, -0.2) is 27.7 Å². The Morgan fingerprint density at radius 2 is 2.33 bits per heavy atom. The van der Waals surface area contributed by atoms with Gasteiger partial charge in [-0.3, -0.25) is 9.36 Å². The zero-order valence-electron chi connectivity index (χ0n) is 9.78. The Hall–Kier alpha value is -2.56. The van der Waals surface area contributed by atoms with Crippen LogP contribution >= 0.6 is 0 Å². The highest BCUT2D eigenvalue weighted by molar-refractivity contribution is 5.93. The third kappa shape index (κ3) is 2.57. The molecule has 0 atom stereocenters. The Bertz CT molecular complexity index is 574. The molecule has 18 heavy (non-hydrogen) atoms. The first-order chi connectivity index (χ1) is 8.70. The van der Waals surface area contributed by atoms with Gasteiger partial charge in [0.25, 0.3) is 5.91 Å². The number of methoxy groups -OCH3 is 1. The SMILES string of the molecule is COc1cc(/C=C/C(=O)n2ccnc2)ccc1O. The first-order valence-electron chi connectivity index (χ1n) is 5.28. The molecule has 0 fully saturated rings. The second-order valence-electron chi connectivity index (χ2n) is 3.57. The number of aromatic nitrogens is 2. The maximum atomic E-state index is 11.7. The van der Waals surface area contributed by atoms with Crippen LogP contribution in [0.15, 0.2) is 43.0 Å². The third-order valence-electron chi connectivity index (χ3n) is 2.38. The van der Waals surface area contributed by atoms with Gasteiger partial charge in [-0.05, 0) is 23.8 Å². The minimum atomic E-state index is -0.195. The van der Waals surface area contributed by atoms with E-state index in [1.807, 2.05) is 0 Å². The summed E-state index contributed by atoms with van der Waals surface area (Å²) >= 11 is 0. The number of allylic oxidation sites excluding steroid dienone is 1. The summed E-state index contributed by atoms with van der Waals surface area (Å²) in [5.74, 6) is 0.238. The standard InChI is InChI=1S/C13H12N2O3/c1-18-12-8-10(2-4-11(12)16)3-5-13(17)15-7-6-14-9-15/h2-9,16H,1H3/b5-3+. The van der Waals surface area contributed by atoms with E-state index in [0.717, 1.165) is 5.56 Å². The van der Waals surface area contributed by atoms with E-state index in [4.69, 9.17) is 4.74 Å². The lowest BCUT2D eigenvalue weighted by molar-refractivity contribution is 0.0969. The van der Waals surface area contributed by atoms with Crippen LogP contribution in [0.2, 0.25) is 0 Å². The fourth-order valence-corrected chi connectivity index (χ4v) is 1.44. The summed E-state index contributed by atoms with van der Waals surface area (Å²) in [5.41, 5.74) is 0.762. The van der Waals surface area contributed by atoms with Gasteiger partial charge in [0.05, 0.1) is 7.11 Å². The van der Waals surface area contributed by atoms with E-state index < -0.39 is 0 Å². The van der Waals surface area contributed by atoms with Crippen LogP contribution in [0, 0.1) is 0 Å². The molecule has 0 saturated heterocycles. The molecule has 2 rings (SSSR count). The van der Waals surface area contributed by atoms with E-state index in [0.29, 0.717) is 5.75 Å². The molecule has 1 heterocycles. The largest absolute Gasteiger partial charge is 0.504 e. The fourth-order valence-electron chi connectivity index (χ4n) is 1.44. The minimum absolute atomic E-state index is 0.0654. The Morgan fingerprint density at radius 1 is 1.50 bits per heavy atom. The van der Waals surface area contributed by atoms with Gasteiger partial charge in [0, 0.05) is 18.5 Å². The van der Waals surface area contributed by atoms with Gasteiger partial charge in [-0.25, -0.2) is 4.98 Å². The van der Waals surface area contributed by atoms with E-state index in [2.05, 4.69) is 4.98 Å². The van der Waals surface area contributed by atoms with Crippen LogP contribution in [0.5, 0.6) is 11.5 Å². The van der Waals surface area contributed by atoms with Crippen molar-refractivity contribution in [2.75, 3.05) is 7.11 Å². The van der Waals surface area contributed by atoms with Crippen molar-refractivity contribution in [1.82, 2.24) is 9.55 Å². The Balaban J connectivity index is 2.16. The number of imidazole rings is 1. The Labute approximate surface area is 104 Å². The number of nitrogens with zero attached hydrogens (tertiary/aromatic N) is 2. The second kappa shape index (κ2) is 5.18. The van der Waals surface area contributed by atoms with Gasteiger partial charge in [-0.2, -0.15) is 0 Å². The van der Waals surface area contributed by atoms with Crippen molar-refractivity contribution in [3.05, 3.63) is 48.6 Å². The lowest BCUT2D eigenvalue weighted by Crippen LogP contribution is -2.03. The van der Waals surface area contributed by atoms with Gasteiger partial charge in [0.1, 0.15) is 6.33 Å². The molecule has 2 aromatic rings. The summed E-state index contributed by atoms with van der Waals surface area (Å²) in [6, 6.07) is 4.85. The molecule has 5 nitrogen and oxygen atoms in total. The number of ether oxygens (including phenoxy) is 1. The van der Waals surface area contributed by atoms with Crippen LogP contribution in [0.4, 0.5) is 0 Å². The first-order valence-corrected chi connectivity index (χ1v) is 5.28. The van der Waals surface area contributed by atoms with Crippen molar-refractivity contribution in [3.63, 3.8) is 0 Å². The number of aromatic hydroxyl groups is 1. The molecule has 0 saturated carbocycles. The summed E-state index contributed by atoms with van der Waals surface area (Å²) < 4.78 is 6.35. The zero-order chi connectivity index (χ0) is 13.0. The van der Waals surface area contributed by atoms with Crippen molar-refractivity contribution in [2.45, 2.75) is 0 Å². The average Bonchev–Trinajstić information content (AvgIpc) is 2.91. The van der Waals surface area contributed by atoms with Gasteiger partial charge >= 0.3 is 0 Å². The van der Waals surface area contributed by atoms with E-state index in [1.54, 1.807) is 24.4 Å². The maximum Gasteiger partial charge on any atom is 0.255 e. The molecule has 0 radical (unpaired) electrons. The van der Waals surface area contributed by atoms with Crippen LogP contribution in [0.25, 0.3) is 6.08 Å². The smallest absolute Gasteiger partial charge is 0.255 e. The van der Waals surface area contributed by atoms with Gasteiger partial charge in [-0.1, -0.05) is 6.07 Å². The third-order valence-corrected chi connectivity index (χ3v) is 2.38. The molecular weight excluding hydrogens is 232 g/mol. The predicted molar refractivity (Wildman–Crippen MR) is 66.5 cm³/mol. The minimum Gasteiger partial charge on any atom is -0.504 e. The number of phenols is 1. The van der Waals surface area contributed by atoms with E-state index in [1.165, 1.54) is 36.3 Å². The van der Waals surface area contributed by atoms with Crippen LogP contribution in [0.3, 0.4) is 0 Å². The Kier molecular flexibility index (Phi) is 3.43. The van der Waals surface area contributed by atoms with Gasteiger partial charge in [-0.15, -0.1) is 0 Å². The summed E-state index contributed by atoms with van der Waals surface area (Å²) in [5, 5.41) is 9.43. The highest BCUT2D eigenvalue weighted by Gasteiger charge is 2.02. The zero-order valence-corrected chi connectivity index (χ0v) is 9.78. The van der Waals surface area contributed by atoms with Crippen LogP contribution in [0.1, 0.15) is 10.4 Å². The lowest BCUT2D eigenvalue weighted by atomic mass is 10.2. The van der Waals surface area contributed by atoms with Gasteiger partial charge in [0.2, 0.25) is 0 Å². The molecular formula is C13H12N2O3. The second-order valence-corrected chi connectivity index (χ2v) is 3.57. The quantitative estimate of drug-likeness (QED) is 0.838. The monoisotopic (exact) mass is 244 g/mol. The number of benzene rings is 1. The summed E-state index contributed by atoms with van der Waals surface area (Å²) in [4.78, 5) is 15.4. The normalized spacial score (nSPS) is 10.7. The number of hydrogen-bond acceptors (Lipinski definition) is 4. The van der Waals surface area contributed by atoms with Gasteiger partial charge in [0.15, 0.2) is 11.5 Å². The molecule has 92 valence electrons. The first kappa shape index (κ1) is 11.9. The van der Waals surface area contributed by atoms with E-state index >= 15 is 0 Å². The maximum absolute atomic E-state index is 11.7. The molecule has 0 amide bonds. The van der Waals surface area contributed by atoms with Crippen molar-refractivity contribution < 1.29 is 14.6 Å². The van der Waals surface area contributed by atoms with Crippen molar-refractivity contribution >= 4 is 12.0 Å². The predicted octanol–water partition coefficient (Wildman–Crippen LogP) is 1.95. The highest BCUT2D eigenvalue weighted by atomic mass is 16.5. The molecule has 5 heteroatoms. The van der Waals surface area contributed by atoms with Crippen molar-refractivity contribution in [2.24, 2.45) is 0 Å². The lowest BCUT2D eigenvalue weighted by Gasteiger charge is -2.03. The highest BCUT2D eigenvalue weighted by Crippen LogP contribution is 2.26. The van der Waals surface area contributed by atoms with Crippen LogP contribution in [-0.2, 0) is 0 Å². The number of carbonyl (C=O) groups excluding carboxylic acids is 1. The molecule has 1 aromatic carbocycles. The summed E-state index contributed by atoms with van der Waals surface area (Å²) in [6.07, 6.45) is 7.61. The summed E-state index contributed by atoms with van der Waals surface area (Å²) in [6.45, 7) is 0. The Morgan fingerprint density at radius 3 is 3.00 bits per heavy atom. The number of phenolic OH excluding ortho intramolecular Hbond substituents is 1. The van der Waals surface area contributed by atoms with E-state index in [-0.39, 0.29) is 11.7 Å². The topological polar surface area (TPSA) is 64.4 Å². The van der Waals surface area contributed by atoms with Crippen molar-refractivity contribution in [1.29, 1.82) is 0 Å². The van der Waals surface area contributed by atoms with Crippen LogP contribution < -0.4 is 4.74 Å². The number of carbonyl (C=O) groups is 1. The molecule has 0 aliphatic heterocycles. The molecule has 1 aromatic heterocycles. The molecule has 1 N–H and O–H groups in total. The number of hydrogen-bond donors (Lipinski definition) is 1. The number of rotatable bonds is 3.